The van der Waals surface area contributed by atoms with Gasteiger partial charge in [-0.2, -0.15) is 5.26 Å². The van der Waals surface area contributed by atoms with E-state index in [0.717, 1.165) is 0 Å². The van der Waals surface area contributed by atoms with Crippen molar-refractivity contribution in [2.75, 3.05) is 6.61 Å². The Hall–Kier alpha value is -4.38. The van der Waals surface area contributed by atoms with Gasteiger partial charge in [-0.1, -0.05) is 42.5 Å². The Morgan fingerprint density at radius 1 is 1.20 bits per heavy atom. The third kappa shape index (κ3) is 4.91. The number of esters is 1. The molecule has 0 atom stereocenters. The normalized spacial score (nSPS) is 12.1. The fraction of sp³-hybridized carbons (Fsp3) is 0.0909. The van der Waals surface area contributed by atoms with Crippen molar-refractivity contribution in [2.24, 2.45) is 0 Å². The summed E-state index contributed by atoms with van der Waals surface area (Å²) in [5.41, 5.74) is 1.77. The zero-order chi connectivity index (χ0) is 21.5. The largest absolute Gasteiger partial charge is 0.507 e. The number of carbonyl (C=O) groups is 2. The first-order valence-corrected chi connectivity index (χ1v) is 8.96. The number of carbonyl (C=O) groups excluding carboxylic acids is 2. The van der Waals surface area contributed by atoms with Crippen LogP contribution in [0.25, 0.3) is 22.7 Å². The number of nitrogens with zero attached hydrogens (tertiary/aromatic N) is 2. The maximum Gasteiger partial charge on any atom is 0.355 e. The summed E-state index contributed by atoms with van der Waals surface area (Å²) in [5, 5.41) is 22.1. The number of H-pyrrole nitrogens is 1. The zero-order valence-electron chi connectivity index (χ0n) is 16.0. The molecule has 0 saturated carbocycles. The molecule has 8 nitrogen and oxygen atoms in total. The van der Waals surface area contributed by atoms with Crippen molar-refractivity contribution in [1.29, 1.82) is 5.26 Å². The molecule has 0 unspecified atom stereocenters. The van der Waals surface area contributed by atoms with Crippen molar-refractivity contribution in [2.45, 2.75) is 6.92 Å². The summed E-state index contributed by atoms with van der Waals surface area (Å²) in [6.07, 6.45) is 1.45. The van der Waals surface area contributed by atoms with Crippen LogP contribution in [-0.2, 0) is 14.3 Å². The molecule has 3 rings (SSSR count). The van der Waals surface area contributed by atoms with Gasteiger partial charge in [-0.3, -0.25) is 4.79 Å². The minimum atomic E-state index is -0.859. The highest BCUT2D eigenvalue weighted by Gasteiger charge is 2.17. The van der Waals surface area contributed by atoms with E-state index in [2.05, 4.69) is 15.3 Å². The Kier molecular flexibility index (Phi) is 6.25. The van der Waals surface area contributed by atoms with E-state index in [1.54, 1.807) is 42.5 Å². The number of amides is 1. The Balaban J connectivity index is 1.80. The molecule has 0 aliphatic carbocycles. The van der Waals surface area contributed by atoms with Crippen molar-refractivity contribution in [3.63, 3.8) is 0 Å². The number of hydrogen-bond donors (Lipinski definition) is 3. The summed E-state index contributed by atoms with van der Waals surface area (Å²) < 4.78 is 5.09. The van der Waals surface area contributed by atoms with Crippen LogP contribution in [0.4, 0.5) is 0 Å². The first-order chi connectivity index (χ1) is 14.5. The summed E-state index contributed by atoms with van der Waals surface area (Å²) in [6, 6.07) is 17.9. The number of para-hydroxylation sites is 2. The average molecular weight is 402 g/mol. The van der Waals surface area contributed by atoms with E-state index in [0.29, 0.717) is 16.6 Å². The second-order valence-corrected chi connectivity index (χ2v) is 6.26. The lowest BCUT2D eigenvalue weighted by atomic mass is 10.2. The molecule has 0 radical (unpaired) electrons. The Morgan fingerprint density at radius 3 is 2.57 bits per heavy atom. The second-order valence-electron chi connectivity index (χ2n) is 6.26. The van der Waals surface area contributed by atoms with Gasteiger partial charge in [0.1, 0.15) is 23.9 Å². The predicted octanol–water partition coefficient (Wildman–Crippen LogP) is 3.08. The Labute approximate surface area is 172 Å². The van der Waals surface area contributed by atoms with Crippen LogP contribution in [0, 0.1) is 11.3 Å². The van der Waals surface area contributed by atoms with Crippen LogP contribution >= 0.6 is 0 Å². The summed E-state index contributed by atoms with van der Waals surface area (Å²) in [6.45, 7) is 0.698. The second kappa shape index (κ2) is 9.21. The summed E-state index contributed by atoms with van der Waals surface area (Å²) in [4.78, 5) is 31.1. The lowest BCUT2D eigenvalue weighted by Gasteiger charge is -2.09. The van der Waals surface area contributed by atoms with Crippen molar-refractivity contribution in [1.82, 2.24) is 15.3 Å². The predicted molar refractivity (Wildman–Crippen MR) is 110 cm³/mol. The number of fused-ring (bicyclic) bond motifs is 1. The van der Waals surface area contributed by atoms with Gasteiger partial charge in [-0.05, 0) is 23.8 Å². The van der Waals surface area contributed by atoms with E-state index >= 15 is 0 Å². The number of imidazole rings is 1. The van der Waals surface area contributed by atoms with Gasteiger partial charge < -0.3 is 20.1 Å². The van der Waals surface area contributed by atoms with E-state index in [4.69, 9.17) is 4.74 Å². The van der Waals surface area contributed by atoms with Crippen molar-refractivity contribution < 1.29 is 19.4 Å². The minimum absolute atomic E-state index is 0.0938. The van der Waals surface area contributed by atoms with Gasteiger partial charge >= 0.3 is 5.97 Å². The van der Waals surface area contributed by atoms with Crippen molar-refractivity contribution in [3.05, 3.63) is 77.4 Å². The van der Waals surface area contributed by atoms with Gasteiger partial charge in [0.25, 0.3) is 0 Å². The van der Waals surface area contributed by atoms with Gasteiger partial charge in [-0.15, -0.1) is 0 Å². The molecule has 0 fully saturated rings. The minimum Gasteiger partial charge on any atom is -0.507 e. The lowest BCUT2D eigenvalue weighted by Crippen LogP contribution is -2.26. The van der Waals surface area contributed by atoms with Crippen LogP contribution in [0.5, 0.6) is 0 Å². The maximum absolute atomic E-state index is 12.4. The molecule has 3 N–H and O–H groups in total. The molecule has 1 heterocycles. The van der Waals surface area contributed by atoms with E-state index in [1.807, 2.05) is 18.2 Å². The number of nitriles is 1. The molecule has 8 heteroatoms. The van der Waals surface area contributed by atoms with Gasteiger partial charge in [0.15, 0.2) is 11.6 Å². The van der Waals surface area contributed by atoms with Crippen LogP contribution in [0.3, 0.4) is 0 Å². The van der Waals surface area contributed by atoms with Crippen LogP contribution in [0.15, 0.2) is 66.1 Å². The molecule has 30 heavy (non-hydrogen) atoms. The molecule has 0 aliphatic rings. The number of aliphatic hydroxyl groups excluding tert-OH is 1. The first kappa shape index (κ1) is 20.4. The van der Waals surface area contributed by atoms with Gasteiger partial charge in [-0.25, -0.2) is 9.78 Å². The molecular weight excluding hydrogens is 384 g/mol. The highest BCUT2D eigenvalue weighted by molar-refractivity contribution is 5.97. The SMILES string of the molecule is CC(=O)NC(=Cc1ccccc1)C(=O)OC/C(O)=C(\C#N)c1nc2ccccc2[nH]1. The third-order valence-corrected chi connectivity index (χ3v) is 4.01. The van der Waals surface area contributed by atoms with Crippen LogP contribution in [0.1, 0.15) is 18.3 Å². The monoisotopic (exact) mass is 402 g/mol. The fourth-order valence-electron chi connectivity index (χ4n) is 2.66. The molecule has 2 aromatic carbocycles. The van der Waals surface area contributed by atoms with Crippen LogP contribution in [0.2, 0.25) is 0 Å². The van der Waals surface area contributed by atoms with E-state index in [-0.39, 0.29) is 17.1 Å². The number of aliphatic hydroxyl groups is 1. The topological polar surface area (TPSA) is 128 Å². The number of nitrogens with one attached hydrogen (secondary N) is 2. The number of allylic oxidation sites excluding steroid dienone is 1. The summed E-state index contributed by atoms with van der Waals surface area (Å²) in [7, 11) is 0. The molecule has 1 amide bonds. The molecule has 1 aromatic heterocycles. The van der Waals surface area contributed by atoms with Gasteiger partial charge in [0.2, 0.25) is 5.91 Å². The Morgan fingerprint density at radius 2 is 1.90 bits per heavy atom. The van der Waals surface area contributed by atoms with Crippen LogP contribution in [-0.4, -0.2) is 33.6 Å². The number of ether oxygens (including phenoxy) is 1. The number of aromatic amines is 1. The van der Waals surface area contributed by atoms with E-state index in [9.17, 15) is 20.0 Å². The lowest BCUT2D eigenvalue weighted by molar-refractivity contribution is -0.140. The van der Waals surface area contributed by atoms with Crippen LogP contribution < -0.4 is 5.32 Å². The number of aromatic nitrogens is 2. The Bertz CT molecular complexity index is 1150. The quantitative estimate of drug-likeness (QED) is 0.252. The standard InChI is InChI=1S/C22H18N4O4/c1-14(27)24-19(11-15-7-3-2-4-8-15)22(29)30-13-20(28)16(12-23)21-25-17-9-5-6-10-18(17)26-21/h2-11,28H,13H2,1H3,(H,24,27)(H,25,26)/b19-11?,20-16-. The summed E-state index contributed by atoms with van der Waals surface area (Å²) in [5.74, 6) is -1.61. The highest BCUT2D eigenvalue weighted by atomic mass is 16.5. The summed E-state index contributed by atoms with van der Waals surface area (Å²) >= 11 is 0. The number of benzene rings is 2. The van der Waals surface area contributed by atoms with Gasteiger partial charge in [0, 0.05) is 6.92 Å². The highest BCUT2D eigenvalue weighted by Crippen LogP contribution is 2.19. The molecule has 150 valence electrons. The number of rotatable bonds is 6. The molecule has 3 aromatic rings. The molecule has 0 bridgehead atoms. The average Bonchev–Trinajstić information content (AvgIpc) is 3.16. The van der Waals surface area contributed by atoms with E-state index < -0.39 is 24.2 Å². The van der Waals surface area contributed by atoms with Crippen molar-refractivity contribution >= 4 is 34.6 Å². The third-order valence-electron chi connectivity index (χ3n) is 4.01. The fourth-order valence-corrected chi connectivity index (χ4v) is 2.66. The first-order valence-electron chi connectivity index (χ1n) is 8.96. The maximum atomic E-state index is 12.4. The van der Waals surface area contributed by atoms with Gasteiger partial charge in [0.05, 0.1) is 11.0 Å². The van der Waals surface area contributed by atoms with Crippen molar-refractivity contribution in [3.8, 4) is 6.07 Å². The smallest absolute Gasteiger partial charge is 0.355 e. The zero-order valence-corrected chi connectivity index (χ0v) is 16.0. The molecular formula is C22H18N4O4. The molecule has 0 spiro atoms. The molecule has 0 saturated heterocycles. The van der Waals surface area contributed by atoms with E-state index in [1.165, 1.54) is 13.0 Å². The number of hydrogen-bond acceptors (Lipinski definition) is 6. The molecule has 0 aliphatic heterocycles.